The van der Waals surface area contributed by atoms with Crippen molar-refractivity contribution < 1.29 is 8.42 Å². The van der Waals surface area contributed by atoms with Gasteiger partial charge in [-0.1, -0.05) is 6.92 Å². The van der Waals surface area contributed by atoms with Gasteiger partial charge in [-0.05, 0) is 30.4 Å². The predicted octanol–water partition coefficient (Wildman–Crippen LogP) is 1.61. The zero-order chi connectivity index (χ0) is 8.06. The van der Waals surface area contributed by atoms with Gasteiger partial charge in [0.15, 0.2) is 9.84 Å². The molecule has 1 unspecified atom stereocenters. The molecule has 0 spiro atoms. The summed E-state index contributed by atoms with van der Waals surface area (Å²) in [5.74, 6) is 0.310. The van der Waals surface area contributed by atoms with Gasteiger partial charge in [0.1, 0.15) is 0 Å². The average molecular weight is 170 g/mol. The van der Waals surface area contributed by atoms with Gasteiger partial charge in [-0.2, -0.15) is 0 Å². The lowest BCUT2D eigenvalue weighted by Gasteiger charge is -2.26. The molecule has 3 heteroatoms. The molecule has 0 saturated heterocycles. The molecule has 0 aromatic rings. The molecule has 2 aliphatic rings. The highest BCUT2D eigenvalue weighted by Gasteiger charge is 2.38. The number of hydrogen-bond donors (Lipinski definition) is 0. The maximum Gasteiger partial charge on any atom is 0.196 e. The number of rotatable bonds is 1. The van der Waals surface area contributed by atoms with Crippen molar-refractivity contribution in [2.24, 2.45) is 5.92 Å². The fourth-order valence-electron chi connectivity index (χ4n) is 1.73. The quantitative estimate of drug-likeness (QED) is 0.599. The van der Waals surface area contributed by atoms with Gasteiger partial charge in [-0.3, -0.25) is 0 Å². The van der Waals surface area contributed by atoms with Gasteiger partial charge in [0.05, 0.1) is 4.91 Å². The topological polar surface area (TPSA) is 34.1 Å². The zero-order valence-corrected chi connectivity index (χ0v) is 7.19. The first-order valence-electron chi connectivity index (χ1n) is 3.81. The van der Waals surface area contributed by atoms with Crippen LogP contribution in [0.15, 0.2) is 22.0 Å². The summed E-state index contributed by atoms with van der Waals surface area (Å²) in [5, 5.41) is 1.33. The maximum absolute atomic E-state index is 11.2. The van der Waals surface area contributed by atoms with E-state index in [1.165, 1.54) is 5.41 Å². The van der Waals surface area contributed by atoms with Crippen LogP contribution in [0.25, 0.3) is 0 Å². The van der Waals surface area contributed by atoms with Gasteiger partial charge in [-0.25, -0.2) is 8.42 Å². The molecule has 11 heavy (non-hydrogen) atoms. The van der Waals surface area contributed by atoms with Crippen LogP contribution in [0, 0.1) is 5.92 Å². The van der Waals surface area contributed by atoms with Crippen molar-refractivity contribution >= 4 is 9.84 Å². The minimum atomic E-state index is -2.95. The molecule has 0 fully saturated rings. The summed E-state index contributed by atoms with van der Waals surface area (Å²) in [7, 11) is -2.95. The molecule has 1 heterocycles. The molecule has 1 atom stereocenters. The van der Waals surface area contributed by atoms with E-state index >= 15 is 0 Å². The van der Waals surface area contributed by atoms with Crippen LogP contribution in [0.5, 0.6) is 0 Å². The summed E-state index contributed by atoms with van der Waals surface area (Å²) in [6, 6.07) is 0. The fourth-order valence-corrected chi connectivity index (χ4v) is 3.45. The Hall–Kier alpha value is -0.570. The van der Waals surface area contributed by atoms with Crippen molar-refractivity contribution in [3.63, 3.8) is 0 Å². The highest BCUT2D eigenvalue weighted by molar-refractivity contribution is 7.98. The highest BCUT2D eigenvalue weighted by atomic mass is 32.2. The molecule has 60 valence electrons. The molecule has 0 aromatic heterocycles. The highest BCUT2D eigenvalue weighted by Crippen LogP contribution is 2.45. The van der Waals surface area contributed by atoms with Gasteiger partial charge in [0.25, 0.3) is 0 Å². The van der Waals surface area contributed by atoms with E-state index in [1.54, 1.807) is 6.08 Å². The van der Waals surface area contributed by atoms with Gasteiger partial charge >= 0.3 is 0 Å². The van der Waals surface area contributed by atoms with E-state index < -0.39 is 9.84 Å². The van der Waals surface area contributed by atoms with Gasteiger partial charge in [0, 0.05) is 5.41 Å². The van der Waals surface area contributed by atoms with Crippen molar-refractivity contribution in [2.75, 3.05) is 0 Å². The Morgan fingerprint density at radius 1 is 1.64 bits per heavy atom. The molecule has 0 amide bonds. The monoisotopic (exact) mass is 170 g/mol. The van der Waals surface area contributed by atoms with Crippen molar-refractivity contribution in [3.8, 4) is 0 Å². The largest absolute Gasteiger partial charge is 0.219 e. The Kier molecular flexibility index (Phi) is 1.27. The van der Waals surface area contributed by atoms with Crippen LogP contribution >= 0.6 is 0 Å². The zero-order valence-electron chi connectivity index (χ0n) is 6.37. The molecule has 2 nitrogen and oxygen atoms in total. The first-order valence-corrected chi connectivity index (χ1v) is 5.36. The summed E-state index contributed by atoms with van der Waals surface area (Å²) in [5.41, 5.74) is 1.04. The van der Waals surface area contributed by atoms with Gasteiger partial charge in [-0.15, -0.1) is 0 Å². The lowest BCUT2D eigenvalue weighted by Crippen LogP contribution is -2.19. The number of sulfone groups is 1. The summed E-state index contributed by atoms with van der Waals surface area (Å²) < 4.78 is 22.5. The second-order valence-corrected chi connectivity index (χ2v) is 4.85. The number of hydrogen-bond acceptors (Lipinski definition) is 2. The molecule has 1 aliphatic heterocycles. The third-order valence-electron chi connectivity index (χ3n) is 2.40. The smallest absolute Gasteiger partial charge is 0.196 e. The fraction of sp³-hybridized carbons (Fsp3) is 0.500. The summed E-state index contributed by atoms with van der Waals surface area (Å²) in [6.07, 6.45) is 3.64. The molecular weight excluding hydrogens is 160 g/mol. The molecule has 0 N–H and O–H groups in total. The second kappa shape index (κ2) is 1.97. The third kappa shape index (κ3) is 0.805. The van der Waals surface area contributed by atoms with Crippen LogP contribution in [-0.4, -0.2) is 8.42 Å². The number of allylic oxidation sites excluding steroid dienone is 3. The van der Waals surface area contributed by atoms with Gasteiger partial charge in [0.2, 0.25) is 0 Å². The van der Waals surface area contributed by atoms with Crippen molar-refractivity contribution in [1.82, 2.24) is 0 Å². The first kappa shape index (κ1) is 7.10. The molecule has 0 bridgehead atoms. The van der Waals surface area contributed by atoms with E-state index in [0.717, 1.165) is 18.4 Å². The lowest BCUT2D eigenvalue weighted by molar-refractivity contribution is 0.538. The van der Waals surface area contributed by atoms with Crippen molar-refractivity contribution in [1.29, 1.82) is 0 Å². The summed E-state index contributed by atoms with van der Waals surface area (Å²) in [4.78, 5) is 0.694. The molecule has 0 aromatic carbocycles. The van der Waals surface area contributed by atoms with Crippen LogP contribution in [0.1, 0.15) is 19.8 Å². The van der Waals surface area contributed by atoms with E-state index in [9.17, 15) is 8.42 Å². The normalized spacial score (nSPS) is 31.9. The SMILES string of the molecule is CCC1CC2=C1S(=O)(=O)C=C2. The standard InChI is InChI=1S/C8H10O2S/c1-2-6-5-7-3-4-11(9,10)8(6)7/h3-4,6H,2,5H2,1H3. The third-order valence-corrected chi connectivity index (χ3v) is 4.10. The van der Waals surface area contributed by atoms with E-state index in [0.29, 0.717) is 10.8 Å². The maximum atomic E-state index is 11.2. The van der Waals surface area contributed by atoms with Crippen LogP contribution in [0.2, 0.25) is 0 Å². The Morgan fingerprint density at radius 3 is 2.91 bits per heavy atom. The molecular formula is C8H10O2S. The first-order chi connectivity index (χ1) is 5.15. The van der Waals surface area contributed by atoms with Crippen LogP contribution in [-0.2, 0) is 9.84 Å². The van der Waals surface area contributed by atoms with Crippen molar-refractivity contribution in [3.05, 3.63) is 22.0 Å². The average Bonchev–Trinajstić information content (AvgIpc) is 2.03. The van der Waals surface area contributed by atoms with Crippen LogP contribution in [0.4, 0.5) is 0 Å². The second-order valence-electron chi connectivity index (χ2n) is 3.05. The Balaban J connectivity index is 2.45. The Morgan fingerprint density at radius 2 is 2.36 bits per heavy atom. The Bertz CT molecular complexity index is 346. The van der Waals surface area contributed by atoms with E-state index in [1.807, 2.05) is 6.92 Å². The Labute approximate surface area is 66.5 Å². The molecule has 2 rings (SSSR count). The molecule has 0 radical (unpaired) electrons. The van der Waals surface area contributed by atoms with E-state index in [4.69, 9.17) is 0 Å². The van der Waals surface area contributed by atoms with Gasteiger partial charge < -0.3 is 0 Å². The summed E-state index contributed by atoms with van der Waals surface area (Å²) >= 11 is 0. The predicted molar refractivity (Wildman–Crippen MR) is 43.5 cm³/mol. The van der Waals surface area contributed by atoms with Crippen LogP contribution < -0.4 is 0 Å². The van der Waals surface area contributed by atoms with Crippen molar-refractivity contribution in [2.45, 2.75) is 19.8 Å². The minimum Gasteiger partial charge on any atom is -0.219 e. The summed E-state index contributed by atoms with van der Waals surface area (Å²) in [6.45, 7) is 2.03. The van der Waals surface area contributed by atoms with E-state index in [2.05, 4.69) is 0 Å². The molecule has 0 saturated carbocycles. The van der Waals surface area contributed by atoms with E-state index in [-0.39, 0.29) is 0 Å². The lowest BCUT2D eigenvalue weighted by atomic mass is 9.84. The minimum absolute atomic E-state index is 0.310. The van der Waals surface area contributed by atoms with Crippen LogP contribution in [0.3, 0.4) is 0 Å². The molecule has 1 aliphatic carbocycles.